The van der Waals surface area contributed by atoms with Crippen LogP contribution in [0.2, 0.25) is 0 Å². The number of amides is 3. The molecule has 3 aromatic heterocycles. The van der Waals surface area contributed by atoms with Gasteiger partial charge in [0.15, 0.2) is 0 Å². The van der Waals surface area contributed by atoms with E-state index in [-0.39, 0.29) is 24.6 Å². The molecule has 3 heterocycles. The second-order valence-electron chi connectivity index (χ2n) is 9.90. The average molecular weight is 537 g/mol. The van der Waals surface area contributed by atoms with Gasteiger partial charge in [-0.05, 0) is 55.0 Å². The fraction of sp³-hybridized carbons (Fsp3) is 0.393. The van der Waals surface area contributed by atoms with Gasteiger partial charge in [0.1, 0.15) is 11.7 Å². The Balaban J connectivity index is 1.75. The van der Waals surface area contributed by atoms with Crippen molar-refractivity contribution in [2.45, 2.75) is 45.7 Å². The van der Waals surface area contributed by atoms with Gasteiger partial charge in [0, 0.05) is 43.8 Å². The van der Waals surface area contributed by atoms with Crippen LogP contribution in [-0.2, 0) is 27.3 Å². The van der Waals surface area contributed by atoms with Crippen molar-refractivity contribution >= 4 is 34.5 Å². The third kappa shape index (κ3) is 8.03. The number of methoxy groups -OCH3 is 1. The molecule has 39 heavy (non-hydrogen) atoms. The maximum Gasteiger partial charge on any atom is 0.407 e. The molecule has 0 saturated carbocycles. The van der Waals surface area contributed by atoms with Gasteiger partial charge >= 0.3 is 6.09 Å². The number of anilines is 1. The molecule has 0 aliphatic rings. The fourth-order valence-corrected chi connectivity index (χ4v) is 4.07. The molecule has 11 heteroatoms. The van der Waals surface area contributed by atoms with Gasteiger partial charge in [-0.15, -0.1) is 0 Å². The summed E-state index contributed by atoms with van der Waals surface area (Å²) in [4.78, 5) is 58.9. The zero-order valence-corrected chi connectivity index (χ0v) is 23.0. The molecular formula is C28H36N6O5. The molecule has 0 radical (unpaired) electrons. The SMILES string of the molecule is COC(=O)NC(CC/C=C/C(=O)N(C)C)C(=O)Nc1cccn(Cc2cc3cncc(CC(C)C)c3[nH]2)c1=O. The molecule has 1 atom stereocenters. The van der Waals surface area contributed by atoms with Crippen molar-refractivity contribution in [2.24, 2.45) is 5.92 Å². The summed E-state index contributed by atoms with van der Waals surface area (Å²) in [5.74, 6) is -0.289. The lowest BCUT2D eigenvalue weighted by Gasteiger charge is -2.17. The number of alkyl carbamates (subject to hydrolysis) is 1. The number of ether oxygens (including phenoxy) is 1. The minimum absolute atomic E-state index is 0.0794. The number of likely N-dealkylation sites (N-methyl/N-ethyl adjacent to an activating group) is 1. The number of aromatic amines is 1. The summed E-state index contributed by atoms with van der Waals surface area (Å²) in [7, 11) is 4.46. The van der Waals surface area contributed by atoms with Crippen LogP contribution in [0.5, 0.6) is 0 Å². The van der Waals surface area contributed by atoms with E-state index in [9.17, 15) is 19.2 Å². The van der Waals surface area contributed by atoms with Crippen molar-refractivity contribution in [1.82, 2.24) is 24.8 Å². The maximum absolute atomic E-state index is 13.2. The Morgan fingerprint density at radius 1 is 1.23 bits per heavy atom. The van der Waals surface area contributed by atoms with Gasteiger partial charge in [0.25, 0.3) is 5.56 Å². The van der Waals surface area contributed by atoms with Crippen LogP contribution >= 0.6 is 0 Å². The molecule has 0 aliphatic carbocycles. The first-order valence-corrected chi connectivity index (χ1v) is 12.8. The topological polar surface area (TPSA) is 138 Å². The highest BCUT2D eigenvalue weighted by molar-refractivity contribution is 5.96. The van der Waals surface area contributed by atoms with E-state index in [0.717, 1.165) is 28.6 Å². The van der Waals surface area contributed by atoms with Crippen LogP contribution in [0.3, 0.4) is 0 Å². The van der Waals surface area contributed by atoms with Crippen molar-refractivity contribution in [2.75, 3.05) is 26.5 Å². The molecule has 208 valence electrons. The Bertz CT molecular complexity index is 1400. The minimum Gasteiger partial charge on any atom is -0.453 e. The number of H-pyrrole nitrogens is 1. The Hall–Kier alpha value is -4.41. The fourth-order valence-electron chi connectivity index (χ4n) is 4.07. The van der Waals surface area contributed by atoms with Crippen molar-refractivity contribution in [3.05, 3.63) is 70.6 Å². The van der Waals surface area contributed by atoms with E-state index in [1.165, 1.54) is 28.7 Å². The molecule has 1 unspecified atom stereocenters. The van der Waals surface area contributed by atoms with Gasteiger partial charge in [-0.1, -0.05) is 19.9 Å². The maximum atomic E-state index is 13.2. The Morgan fingerprint density at radius 3 is 2.69 bits per heavy atom. The summed E-state index contributed by atoms with van der Waals surface area (Å²) in [6, 6.07) is 4.17. The molecule has 0 aromatic carbocycles. The Kier molecular flexibility index (Phi) is 10.0. The number of hydrogen-bond donors (Lipinski definition) is 3. The zero-order valence-electron chi connectivity index (χ0n) is 23.0. The predicted octanol–water partition coefficient (Wildman–Crippen LogP) is 3.06. The van der Waals surface area contributed by atoms with E-state index in [1.54, 1.807) is 38.6 Å². The first-order chi connectivity index (χ1) is 18.6. The first-order valence-electron chi connectivity index (χ1n) is 12.8. The summed E-state index contributed by atoms with van der Waals surface area (Å²) >= 11 is 0. The second kappa shape index (κ2) is 13.4. The monoisotopic (exact) mass is 536 g/mol. The van der Waals surface area contributed by atoms with Crippen LogP contribution in [0.25, 0.3) is 10.9 Å². The van der Waals surface area contributed by atoms with Gasteiger partial charge in [0.05, 0.1) is 19.2 Å². The minimum atomic E-state index is -0.981. The quantitative estimate of drug-likeness (QED) is 0.322. The van der Waals surface area contributed by atoms with E-state index in [1.807, 2.05) is 12.3 Å². The second-order valence-corrected chi connectivity index (χ2v) is 9.90. The molecule has 3 N–H and O–H groups in total. The molecule has 3 rings (SSSR count). The van der Waals surface area contributed by atoms with Crippen molar-refractivity contribution in [1.29, 1.82) is 0 Å². The highest BCUT2D eigenvalue weighted by atomic mass is 16.5. The van der Waals surface area contributed by atoms with Crippen LogP contribution in [0, 0.1) is 5.92 Å². The van der Waals surface area contributed by atoms with Crippen LogP contribution in [0.1, 0.15) is 37.9 Å². The van der Waals surface area contributed by atoms with Gasteiger partial charge in [-0.25, -0.2) is 4.79 Å². The van der Waals surface area contributed by atoms with Gasteiger partial charge in [-0.3, -0.25) is 19.4 Å². The molecule has 0 spiro atoms. The normalized spacial score (nSPS) is 12.1. The van der Waals surface area contributed by atoms with E-state index >= 15 is 0 Å². The third-order valence-electron chi connectivity index (χ3n) is 6.03. The molecule has 3 aromatic rings. The van der Waals surface area contributed by atoms with Crippen molar-refractivity contribution in [3.8, 4) is 0 Å². The van der Waals surface area contributed by atoms with Crippen molar-refractivity contribution < 1.29 is 19.1 Å². The number of carbonyl (C=O) groups excluding carboxylic acids is 3. The zero-order chi connectivity index (χ0) is 28.5. The van der Waals surface area contributed by atoms with E-state index < -0.39 is 23.6 Å². The standard InChI is InChI=1S/C28H36N6O5/c1-18(2)13-19-15-29-16-20-14-21(30-25(19)20)17-34-12-8-10-23(27(34)37)31-26(36)22(32-28(38)39-5)9-6-7-11-24(35)33(3)4/h7-8,10-12,14-16,18,22,30H,6,9,13,17H2,1-5H3,(H,31,36)(H,32,38)/b11-7+. The summed E-state index contributed by atoms with van der Waals surface area (Å²) in [6.45, 7) is 4.57. The van der Waals surface area contributed by atoms with Crippen LogP contribution in [0.4, 0.5) is 10.5 Å². The molecule has 3 amide bonds. The highest BCUT2D eigenvalue weighted by Gasteiger charge is 2.22. The van der Waals surface area contributed by atoms with E-state index in [0.29, 0.717) is 12.3 Å². The van der Waals surface area contributed by atoms with Crippen LogP contribution in [0.15, 0.2) is 53.7 Å². The number of rotatable bonds is 11. The number of allylic oxidation sites excluding steroid dienone is 1. The molecule has 0 bridgehead atoms. The number of pyridine rings is 2. The Morgan fingerprint density at radius 2 is 2.00 bits per heavy atom. The number of carbonyl (C=O) groups is 3. The summed E-state index contributed by atoms with van der Waals surface area (Å²) in [6.07, 6.45) is 8.96. The number of aromatic nitrogens is 3. The average Bonchev–Trinajstić information content (AvgIpc) is 3.31. The van der Waals surface area contributed by atoms with E-state index in [2.05, 4.69) is 39.2 Å². The molecule has 0 saturated heterocycles. The smallest absolute Gasteiger partial charge is 0.407 e. The lowest BCUT2D eigenvalue weighted by Crippen LogP contribution is -2.44. The first kappa shape index (κ1) is 29.2. The Labute approximate surface area is 227 Å². The lowest BCUT2D eigenvalue weighted by molar-refractivity contribution is -0.123. The van der Waals surface area contributed by atoms with E-state index in [4.69, 9.17) is 0 Å². The summed E-state index contributed by atoms with van der Waals surface area (Å²) in [5, 5.41) is 6.08. The molecule has 0 fully saturated rings. The third-order valence-corrected chi connectivity index (χ3v) is 6.03. The summed E-state index contributed by atoms with van der Waals surface area (Å²) < 4.78 is 6.13. The molecule has 11 nitrogen and oxygen atoms in total. The molecular weight excluding hydrogens is 500 g/mol. The van der Waals surface area contributed by atoms with Crippen LogP contribution < -0.4 is 16.2 Å². The number of fused-ring (bicyclic) bond motifs is 1. The van der Waals surface area contributed by atoms with Crippen molar-refractivity contribution in [3.63, 3.8) is 0 Å². The predicted molar refractivity (Wildman–Crippen MR) is 149 cm³/mol. The van der Waals surface area contributed by atoms with Gasteiger partial charge in [0.2, 0.25) is 11.8 Å². The van der Waals surface area contributed by atoms with Gasteiger partial charge < -0.3 is 29.8 Å². The number of nitrogens with one attached hydrogen (secondary N) is 3. The highest BCUT2D eigenvalue weighted by Crippen LogP contribution is 2.21. The molecule has 0 aliphatic heterocycles. The lowest BCUT2D eigenvalue weighted by atomic mass is 10.0. The van der Waals surface area contributed by atoms with Gasteiger partial charge in [-0.2, -0.15) is 0 Å². The number of hydrogen-bond acceptors (Lipinski definition) is 6. The largest absolute Gasteiger partial charge is 0.453 e. The van der Waals surface area contributed by atoms with Crippen LogP contribution in [-0.4, -0.2) is 64.6 Å². The number of nitrogens with zero attached hydrogens (tertiary/aromatic N) is 3. The summed E-state index contributed by atoms with van der Waals surface area (Å²) in [5.41, 5.74) is 2.64.